The lowest BCUT2D eigenvalue weighted by atomic mass is 10.1. The lowest BCUT2D eigenvalue weighted by Gasteiger charge is -2.10. The summed E-state index contributed by atoms with van der Waals surface area (Å²) in [5, 5.41) is 0. The molecule has 1 aromatic heterocycles. The van der Waals surface area contributed by atoms with Crippen LogP contribution in [0.3, 0.4) is 0 Å². The number of methoxy groups -OCH3 is 1. The number of hydrogen-bond acceptors (Lipinski definition) is 4. The van der Waals surface area contributed by atoms with Crippen molar-refractivity contribution in [2.45, 2.75) is 6.92 Å². The molecule has 1 heterocycles. The first-order chi connectivity index (χ1) is 8.24. The Morgan fingerprint density at radius 3 is 2.76 bits per heavy atom. The van der Waals surface area contributed by atoms with Gasteiger partial charge in [-0.15, -0.1) is 0 Å². The number of anilines is 1. The smallest absolute Gasteiger partial charge is 0.197 e. The molecular weight excluding hydrogens is 218 g/mol. The van der Waals surface area contributed by atoms with Gasteiger partial charge in [-0.05, 0) is 25.1 Å². The van der Waals surface area contributed by atoms with Crippen LogP contribution in [-0.2, 0) is 0 Å². The van der Waals surface area contributed by atoms with Crippen molar-refractivity contribution in [2.24, 2.45) is 0 Å². The first-order valence-electron chi connectivity index (χ1n) is 5.36. The highest BCUT2D eigenvalue weighted by atomic mass is 16.5. The number of benzene rings is 1. The fourth-order valence-electron chi connectivity index (χ4n) is 1.60. The van der Waals surface area contributed by atoms with Crippen molar-refractivity contribution in [1.82, 2.24) is 9.97 Å². The maximum atomic E-state index is 5.55. The van der Waals surface area contributed by atoms with Gasteiger partial charge in [0.15, 0.2) is 17.4 Å². The third kappa shape index (κ3) is 2.33. The van der Waals surface area contributed by atoms with E-state index in [1.54, 1.807) is 13.3 Å². The van der Waals surface area contributed by atoms with Crippen molar-refractivity contribution in [1.29, 1.82) is 0 Å². The molecule has 0 atom stereocenters. The molecule has 90 valence electrons. The summed E-state index contributed by atoms with van der Waals surface area (Å²) in [5.74, 6) is 1.82. The molecule has 17 heavy (non-hydrogen) atoms. The molecule has 0 saturated heterocycles. The van der Waals surface area contributed by atoms with Crippen molar-refractivity contribution < 1.29 is 9.47 Å². The minimum absolute atomic E-state index is 0.397. The molecule has 0 amide bonds. The largest absolute Gasteiger partial charge is 0.493 e. The predicted octanol–water partition coefficient (Wildman–Crippen LogP) is 2.07. The topological polar surface area (TPSA) is 73.2 Å². The van der Waals surface area contributed by atoms with Crippen LogP contribution < -0.4 is 15.2 Å². The summed E-state index contributed by atoms with van der Waals surface area (Å²) < 4.78 is 10.7. The van der Waals surface area contributed by atoms with Crippen molar-refractivity contribution in [3.8, 4) is 22.8 Å². The van der Waals surface area contributed by atoms with Gasteiger partial charge >= 0.3 is 0 Å². The van der Waals surface area contributed by atoms with E-state index in [1.807, 2.05) is 25.1 Å². The molecule has 5 nitrogen and oxygen atoms in total. The highest BCUT2D eigenvalue weighted by Gasteiger charge is 2.08. The number of aromatic nitrogens is 2. The molecule has 0 unspecified atom stereocenters. The van der Waals surface area contributed by atoms with Gasteiger partial charge in [-0.1, -0.05) is 0 Å². The van der Waals surface area contributed by atoms with E-state index in [2.05, 4.69) is 9.97 Å². The number of nitrogens with one attached hydrogen (secondary N) is 1. The van der Waals surface area contributed by atoms with Gasteiger partial charge in [-0.25, -0.2) is 4.98 Å². The molecule has 2 aromatic rings. The van der Waals surface area contributed by atoms with Gasteiger partial charge in [0.2, 0.25) is 0 Å². The molecule has 0 fully saturated rings. The Kier molecular flexibility index (Phi) is 3.18. The van der Waals surface area contributed by atoms with Crippen LogP contribution in [0.2, 0.25) is 0 Å². The van der Waals surface area contributed by atoms with E-state index >= 15 is 0 Å². The molecule has 0 saturated carbocycles. The molecule has 1 aromatic carbocycles. The van der Waals surface area contributed by atoms with Gasteiger partial charge in [0.25, 0.3) is 0 Å². The zero-order valence-corrected chi connectivity index (χ0v) is 9.86. The van der Waals surface area contributed by atoms with E-state index in [4.69, 9.17) is 15.2 Å². The molecule has 0 bridgehead atoms. The number of ether oxygens (including phenoxy) is 2. The zero-order chi connectivity index (χ0) is 12.3. The highest BCUT2D eigenvalue weighted by molar-refractivity contribution is 5.64. The average molecular weight is 233 g/mol. The van der Waals surface area contributed by atoms with Crippen molar-refractivity contribution >= 4 is 5.95 Å². The van der Waals surface area contributed by atoms with Gasteiger partial charge in [-0.3, -0.25) is 0 Å². The molecule has 3 N–H and O–H groups in total. The van der Waals surface area contributed by atoms with E-state index in [1.165, 1.54) is 0 Å². The lowest BCUT2D eigenvalue weighted by molar-refractivity contribution is 0.311. The summed E-state index contributed by atoms with van der Waals surface area (Å²) in [7, 11) is 1.62. The molecule has 0 radical (unpaired) electrons. The molecule has 2 rings (SSSR count). The summed E-state index contributed by atoms with van der Waals surface area (Å²) in [6, 6.07) is 5.68. The first-order valence-corrected chi connectivity index (χ1v) is 5.36. The van der Waals surface area contributed by atoms with E-state index in [0.717, 1.165) is 11.3 Å². The molecule has 0 spiro atoms. The maximum absolute atomic E-state index is 5.55. The number of nitrogens with zero attached hydrogens (tertiary/aromatic N) is 1. The van der Waals surface area contributed by atoms with Gasteiger partial charge in [0.05, 0.1) is 25.6 Å². The number of imidazole rings is 1. The SMILES string of the molecule is CCOc1cc(-c2cnc(N)[nH]2)ccc1OC. The molecule has 5 heteroatoms. The highest BCUT2D eigenvalue weighted by Crippen LogP contribution is 2.31. The molecule has 0 aliphatic heterocycles. The van der Waals surface area contributed by atoms with Crippen molar-refractivity contribution in [3.63, 3.8) is 0 Å². The van der Waals surface area contributed by atoms with Gasteiger partial charge < -0.3 is 20.2 Å². The van der Waals surface area contributed by atoms with Crippen molar-refractivity contribution in [3.05, 3.63) is 24.4 Å². The zero-order valence-electron chi connectivity index (χ0n) is 9.86. The summed E-state index contributed by atoms with van der Waals surface area (Å²) in [6.07, 6.45) is 1.69. The van der Waals surface area contributed by atoms with Crippen molar-refractivity contribution in [2.75, 3.05) is 19.5 Å². The Balaban J connectivity index is 2.39. The number of hydrogen-bond donors (Lipinski definition) is 2. The third-order valence-electron chi connectivity index (χ3n) is 2.37. The van der Waals surface area contributed by atoms with Crippen LogP contribution >= 0.6 is 0 Å². The second-order valence-electron chi connectivity index (χ2n) is 3.48. The standard InChI is InChI=1S/C12H15N3O2/c1-3-17-11-6-8(4-5-10(11)16-2)9-7-14-12(13)15-9/h4-7H,3H2,1-2H3,(H3,13,14,15). The Hall–Kier alpha value is -2.17. The Morgan fingerprint density at radius 2 is 2.18 bits per heavy atom. The normalized spacial score (nSPS) is 10.2. The average Bonchev–Trinajstić information content (AvgIpc) is 2.76. The van der Waals surface area contributed by atoms with Gasteiger partial charge in [0.1, 0.15) is 0 Å². The number of H-pyrrole nitrogens is 1. The van der Waals surface area contributed by atoms with Gasteiger partial charge in [0, 0.05) is 5.56 Å². The van der Waals surface area contributed by atoms with E-state index in [9.17, 15) is 0 Å². The van der Waals surface area contributed by atoms with E-state index < -0.39 is 0 Å². The van der Waals surface area contributed by atoms with Crippen LogP contribution in [0, 0.1) is 0 Å². The van der Waals surface area contributed by atoms with Crippen LogP contribution in [-0.4, -0.2) is 23.7 Å². The number of rotatable bonds is 4. The number of nitrogen functional groups attached to an aromatic ring is 1. The van der Waals surface area contributed by atoms with Crippen LogP contribution in [0.25, 0.3) is 11.3 Å². The van der Waals surface area contributed by atoms with E-state index in [-0.39, 0.29) is 0 Å². The first kappa shape index (κ1) is 11.3. The minimum Gasteiger partial charge on any atom is -0.493 e. The second-order valence-corrected chi connectivity index (χ2v) is 3.48. The maximum Gasteiger partial charge on any atom is 0.197 e. The number of nitrogens with two attached hydrogens (primary N) is 1. The fraction of sp³-hybridized carbons (Fsp3) is 0.250. The molecular formula is C12H15N3O2. The third-order valence-corrected chi connectivity index (χ3v) is 2.37. The lowest BCUT2D eigenvalue weighted by Crippen LogP contribution is -1.95. The minimum atomic E-state index is 0.397. The summed E-state index contributed by atoms with van der Waals surface area (Å²) >= 11 is 0. The fourth-order valence-corrected chi connectivity index (χ4v) is 1.60. The Bertz CT molecular complexity index is 508. The van der Waals surface area contributed by atoms with Crippen LogP contribution in [0.4, 0.5) is 5.95 Å². The van der Waals surface area contributed by atoms with Crippen LogP contribution in [0.15, 0.2) is 24.4 Å². The molecule has 0 aliphatic carbocycles. The second kappa shape index (κ2) is 4.78. The Morgan fingerprint density at radius 1 is 1.35 bits per heavy atom. The summed E-state index contributed by atoms with van der Waals surface area (Å²) in [5.41, 5.74) is 7.36. The quantitative estimate of drug-likeness (QED) is 0.847. The van der Waals surface area contributed by atoms with Crippen LogP contribution in [0.1, 0.15) is 6.92 Å². The van der Waals surface area contributed by atoms with Crippen LogP contribution in [0.5, 0.6) is 11.5 Å². The van der Waals surface area contributed by atoms with Gasteiger partial charge in [-0.2, -0.15) is 0 Å². The monoisotopic (exact) mass is 233 g/mol. The van der Waals surface area contributed by atoms with E-state index in [0.29, 0.717) is 24.1 Å². The predicted molar refractivity (Wildman–Crippen MR) is 66.2 cm³/mol. The summed E-state index contributed by atoms with van der Waals surface area (Å²) in [6.45, 7) is 2.52. The summed E-state index contributed by atoms with van der Waals surface area (Å²) in [4.78, 5) is 6.93. The molecule has 0 aliphatic rings. The number of aromatic amines is 1. The Labute approximate surface area is 99.6 Å².